The lowest BCUT2D eigenvalue weighted by atomic mass is 10.4. The molecule has 3 nitrogen and oxygen atoms in total. The zero-order valence-electron chi connectivity index (χ0n) is 4.92. The normalized spacial score (nSPS) is 10.8. The van der Waals surface area contributed by atoms with Crippen LogP contribution in [0.4, 0.5) is 0 Å². The first-order valence-corrected chi connectivity index (χ1v) is 2.65. The average Bonchev–Trinajstić information content (AvgIpc) is 2.35. The molecule has 0 fully saturated rings. The van der Waals surface area contributed by atoms with E-state index < -0.39 is 0 Å². The van der Waals surface area contributed by atoms with Gasteiger partial charge in [-0.15, -0.1) is 0 Å². The largest absolute Gasteiger partial charge is 0.443 e. The average molecular weight is 123 g/mol. The zero-order chi connectivity index (χ0) is 6.27. The van der Waals surface area contributed by atoms with Gasteiger partial charge in [-0.25, -0.2) is 0 Å². The lowest BCUT2D eigenvalue weighted by Gasteiger charge is -1.71. The summed E-state index contributed by atoms with van der Waals surface area (Å²) < 4.78 is 9.97. The van der Waals surface area contributed by atoms with Crippen LogP contribution in [-0.4, -0.2) is 4.98 Å². The monoisotopic (exact) mass is 123 g/mol. The molecule has 0 amide bonds. The summed E-state index contributed by atoms with van der Waals surface area (Å²) in [5.74, 6) is 0. The van der Waals surface area contributed by atoms with E-state index in [4.69, 9.17) is 8.83 Å². The molecule has 0 saturated heterocycles. The number of hydrogen-bond donors (Lipinski definition) is 0. The topological polar surface area (TPSA) is 39.2 Å². The lowest BCUT2D eigenvalue weighted by molar-refractivity contribution is 0.594. The molecule has 0 aliphatic carbocycles. The smallest absolute Gasteiger partial charge is 0.265 e. The van der Waals surface area contributed by atoms with Gasteiger partial charge >= 0.3 is 0 Å². The first-order chi connectivity index (χ1) is 4.38. The van der Waals surface area contributed by atoms with Crippen molar-refractivity contribution in [1.82, 2.24) is 4.98 Å². The van der Waals surface area contributed by atoms with Crippen molar-refractivity contribution in [2.24, 2.45) is 0 Å². The second kappa shape index (κ2) is 1.37. The molecule has 9 heavy (non-hydrogen) atoms. The molecule has 2 heterocycles. The van der Waals surface area contributed by atoms with E-state index in [0.29, 0.717) is 5.71 Å². The van der Waals surface area contributed by atoms with E-state index in [1.54, 1.807) is 6.26 Å². The third kappa shape index (κ3) is 0.483. The molecule has 2 rings (SSSR count). The van der Waals surface area contributed by atoms with Crippen molar-refractivity contribution < 1.29 is 8.83 Å². The minimum Gasteiger partial charge on any atom is -0.443 e. The fourth-order valence-electron chi connectivity index (χ4n) is 0.779. The zero-order valence-corrected chi connectivity index (χ0v) is 4.92. The number of aromatic nitrogens is 1. The molecule has 46 valence electrons. The van der Waals surface area contributed by atoms with E-state index in [1.807, 2.05) is 6.92 Å². The van der Waals surface area contributed by atoms with Gasteiger partial charge in [0, 0.05) is 5.56 Å². The van der Waals surface area contributed by atoms with Gasteiger partial charge in [0.1, 0.15) is 6.26 Å². The number of oxazole rings is 1. The van der Waals surface area contributed by atoms with E-state index >= 15 is 0 Å². The Morgan fingerprint density at radius 1 is 1.44 bits per heavy atom. The molecule has 3 heteroatoms. The van der Waals surface area contributed by atoms with Gasteiger partial charge in [0.15, 0.2) is 12.0 Å². The number of hydrogen-bond acceptors (Lipinski definition) is 3. The summed E-state index contributed by atoms with van der Waals surface area (Å²) in [5.41, 5.74) is 2.31. The van der Waals surface area contributed by atoms with Crippen LogP contribution in [0.2, 0.25) is 0 Å². The van der Waals surface area contributed by atoms with E-state index in [2.05, 4.69) is 4.98 Å². The highest BCUT2D eigenvalue weighted by Crippen LogP contribution is 2.17. The van der Waals surface area contributed by atoms with Crippen molar-refractivity contribution in [2.75, 3.05) is 0 Å². The number of furan rings is 1. The summed E-state index contributed by atoms with van der Waals surface area (Å²) in [4.78, 5) is 3.81. The molecule has 0 saturated carbocycles. The quantitative estimate of drug-likeness (QED) is 0.535. The Labute approximate surface area is 51.3 Å². The van der Waals surface area contributed by atoms with Crippen molar-refractivity contribution in [3.05, 3.63) is 18.2 Å². The molecule has 0 bridgehead atoms. The fraction of sp³-hybridized carbons (Fsp3) is 0.167. The number of rotatable bonds is 0. The number of aryl methyl sites for hydroxylation is 1. The molecule has 0 radical (unpaired) electrons. The van der Waals surface area contributed by atoms with Crippen LogP contribution in [0.25, 0.3) is 11.3 Å². The highest BCUT2D eigenvalue weighted by molar-refractivity contribution is 5.69. The fourth-order valence-corrected chi connectivity index (χ4v) is 0.779. The van der Waals surface area contributed by atoms with E-state index in [-0.39, 0.29) is 0 Å². The molecule has 0 aromatic carbocycles. The highest BCUT2D eigenvalue weighted by Gasteiger charge is 2.03. The summed E-state index contributed by atoms with van der Waals surface area (Å²) in [6, 6.07) is 0. The molecule has 2 aromatic heterocycles. The molecular weight excluding hydrogens is 118 g/mol. The predicted octanol–water partition coefficient (Wildman–Crippen LogP) is 1.73. The van der Waals surface area contributed by atoms with Gasteiger partial charge in [-0.05, 0) is 6.92 Å². The van der Waals surface area contributed by atoms with Crippen LogP contribution in [0, 0.1) is 6.92 Å². The second-order valence-corrected chi connectivity index (χ2v) is 1.91. The van der Waals surface area contributed by atoms with Crippen LogP contribution in [-0.2, 0) is 0 Å². The van der Waals surface area contributed by atoms with Gasteiger partial charge in [0.25, 0.3) is 5.71 Å². The summed E-state index contributed by atoms with van der Waals surface area (Å²) in [5, 5.41) is 0. The Morgan fingerprint density at radius 2 is 2.33 bits per heavy atom. The van der Waals surface area contributed by atoms with Crippen LogP contribution in [0.15, 0.2) is 21.5 Å². The molecule has 0 N–H and O–H groups in total. The second-order valence-electron chi connectivity index (χ2n) is 1.91. The van der Waals surface area contributed by atoms with Gasteiger partial charge in [0.05, 0.1) is 0 Å². The summed E-state index contributed by atoms with van der Waals surface area (Å²) in [7, 11) is 0. The van der Waals surface area contributed by atoms with Crippen LogP contribution in [0.1, 0.15) is 5.56 Å². The maximum atomic E-state index is 4.98. The minimum absolute atomic E-state index is 0.576. The standard InChI is InChI=1S/C6H5NO2/c1-4-2-8-6-5(4)9-3-7-6/h2-3H,1H3. The molecule has 0 aliphatic heterocycles. The highest BCUT2D eigenvalue weighted by atomic mass is 16.4. The SMILES string of the molecule is Cc1coc2ncoc12. The number of nitrogens with zero attached hydrogens (tertiary/aromatic N) is 1. The third-order valence-electron chi connectivity index (χ3n) is 1.24. The van der Waals surface area contributed by atoms with Crippen molar-refractivity contribution in [2.45, 2.75) is 6.92 Å². The number of fused-ring (bicyclic) bond motifs is 1. The van der Waals surface area contributed by atoms with Crippen LogP contribution >= 0.6 is 0 Å². The Kier molecular flexibility index (Phi) is 0.704. The van der Waals surface area contributed by atoms with Gasteiger partial charge < -0.3 is 8.83 Å². The Balaban J connectivity index is 2.99. The first-order valence-electron chi connectivity index (χ1n) is 2.65. The van der Waals surface area contributed by atoms with Crippen molar-refractivity contribution >= 4 is 11.3 Å². The molecule has 0 unspecified atom stereocenters. The molecule has 0 aliphatic rings. The van der Waals surface area contributed by atoms with E-state index in [0.717, 1.165) is 11.1 Å². The van der Waals surface area contributed by atoms with Gasteiger partial charge in [-0.3, -0.25) is 0 Å². The maximum absolute atomic E-state index is 4.98. The molecular formula is C6H5NO2. The molecule has 2 aromatic rings. The maximum Gasteiger partial charge on any atom is 0.265 e. The van der Waals surface area contributed by atoms with Crippen molar-refractivity contribution in [1.29, 1.82) is 0 Å². The molecule has 0 spiro atoms. The van der Waals surface area contributed by atoms with Crippen molar-refractivity contribution in [3.8, 4) is 0 Å². The van der Waals surface area contributed by atoms with Gasteiger partial charge in [-0.1, -0.05) is 0 Å². The van der Waals surface area contributed by atoms with Crippen molar-refractivity contribution in [3.63, 3.8) is 0 Å². The minimum atomic E-state index is 0.576. The summed E-state index contributed by atoms with van der Waals surface area (Å²) in [6.07, 6.45) is 3.00. The third-order valence-corrected chi connectivity index (χ3v) is 1.24. The van der Waals surface area contributed by atoms with E-state index in [9.17, 15) is 0 Å². The van der Waals surface area contributed by atoms with E-state index in [1.165, 1.54) is 6.39 Å². The lowest BCUT2D eigenvalue weighted by Crippen LogP contribution is -1.56. The first kappa shape index (κ1) is 4.61. The van der Waals surface area contributed by atoms with Gasteiger partial charge in [0.2, 0.25) is 0 Å². The Hall–Kier alpha value is -1.25. The Morgan fingerprint density at radius 3 is 3.11 bits per heavy atom. The predicted molar refractivity (Wildman–Crippen MR) is 31.0 cm³/mol. The molecule has 0 atom stereocenters. The Bertz CT molecular complexity index is 320. The summed E-state index contributed by atoms with van der Waals surface area (Å²) >= 11 is 0. The summed E-state index contributed by atoms with van der Waals surface area (Å²) in [6.45, 7) is 1.91. The van der Waals surface area contributed by atoms with Crippen LogP contribution in [0.3, 0.4) is 0 Å². The van der Waals surface area contributed by atoms with Crippen LogP contribution in [0.5, 0.6) is 0 Å². The van der Waals surface area contributed by atoms with Crippen LogP contribution < -0.4 is 0 Å². The van der Waals surface area contributed by atoms with Gasteiger partial charge in [-0.2, -0.15) is 4.98 Å².